The summed E-state index contributed by atoms with van der Waals surface area (Å²) in [5, 5.41) is 3.39. The molecule has 0 saturated heterocycles. The minimum atomic E-state index is -0.167. The maximum Gasteiger partial charge on any atom is 0.244 e. The lowest BCUT2D eigenvalue weighted by Gasteiger charge is -2.16. The van der Waals surface area contributed by atoms with Gasteiger partial charge in [0.25, 0.3) is 0 Å². The zero-order valence-electron chi connectivity index (χ0n) is 13.6. The molecule has 5 heteroatoms. The Morgan fingerprint density at radius 2 is 1.88 bits per heavy atom. The van der Waals surface area contributed by atoms with E-state index in [2.05, 4.69) is 5.32 Å². The van der Waals surface area contributed by atoms with Crippen molar-refractivity contribution in [3.05, 3.63) is 70.5 Å². The number of methoxy groups -OCH3 is 1. The van der Waals surface area contributed by atoms with Crippen molar-refractivity contribution in [2.45, 2.75) is 13.5 Å². The number of fused-ring (bicyclic) bond motifs is 1. The molecule has 0 aliphatic carbocycles. The van der Waals surface area contributed by atoms with Crippen molar-refractivity contribution in [1.29, 1.82) is 0 Å². The number of anilines is 1. The van der Waals surface area contributed by atoms with Crippen molar-refractivity contribution < 1.29 is 9.53 Å². The molecule has 24 heavy (non-hydrogen) atoms. The number of aryl methyl sites for hydroxylation is 1. The number of hydrogen-bond acceptors (Lipinski definition) is 3. The average Bonchev–Trinajstić information content (AvgIpc) is 2.59. The van der Waals surface area contributed by atoms with Crippen LogP contribution >= 0.6 is 0 Å². The molecule has 2 aromatic carbocycles. The highest BCUT2D eigenvalue weighted by Gasteiger charge is 2.14. The van der Waals surface area contributed by atoms with E-state index in [0.717, 1.165) is 5.69 Å². The third-order valence-electron chi connectivity index (χ3n) is 3.88. The maximum absolute atomic E-state index is 12.4. The van der Waals surface area contributed by atoms with Crippen LogP contribution in [0.4, 0.5) is 5.69 Å². The van der Waals surface area contributed by atoms with Gasteiger partial charge >= 0.3 is 0 Å². The summed E-state index contributed by atoms with van der Waals surface area (Å²) < 4.78 is 7.19. The van der Waals surface area contributed by atoms with E-state index in [9.17, 15) is 9.59 Å². The lowest BCUT2D eigenvalue weighted by atomic mass is 10.1. The molecule has 122 valence electrons. The van der Waals surface area contributed by atoms with Crippen LogP contribution in [0.15, 0.2) is 59.4 Å². The smallest absolute Gasteiger partial charge is 0.244 e. The number of nitrogens with one attached hydrogen (secondary N) is 1. The summed E-state index contributed by atoms with van der Waals surface area (Å²) in [4.78, 5) is 24.6. The number of nitrogens with zero attached hydrogens (tertiary/aromatic N) is 1. The third-order valence-corrected chi connectivity index (χ3v) is 3.88. The SMILES string of the molecule is COc1cccc2c(=O)cc(C)n(CC(=O)Nc3ccccc3)c12. The second-order valence-electron chi connectivity index (χ2n) is 5.51. The molecule has 0 radical (unpaired) electrons. The molecule has 0 aliphatic rings. The van der Waals surface area contributed by atoms with Crippen molar-refractivity contribution in [3.8, 4) is 5.75 Å². The van der Waals surface area contributed by atoms with Gasteiger partial charge in [-0.3, -0.25) is 9.59 Å². The van der Waals surface area contributed by atoms with Crippen LogP contribution in [0.1, 0.15) is 5.69 Å². The predicted molar refractivity (Wildman–Crippen MR) is 94.6 cm³/mol. The van der Waals surface area contributed by atoms with E-state index in [1.54, 1.807) is 29.9 Å². The van der Waals surface area contributed by atoms with Gasteiger partial charge < -0.3 is 14.6 Å². The van der Waals surface area contributed by atoms with Crippen LogP contribution in [0.3, 0.4) is 0 Å². The molecule has 1 aromatic heterocycles. The van der Waals surface area contributed by atoms with E-state index in [1.165, 1.54) is 6.07 Å². The lowest BCUT2D eigenvalue weighted by Crippen LogP contribution is -2.22. The van der Waals surface area contributed by atoms with Gasteiger partial charge in [0.2, 0.25) is 5.91 Å². The van der Waals surface area contributed by atoms with Crippen LogP contribution in [-0.4, -0.2) is 17.6 Å². The van der Waals surface area contributed by atoms with Gasteiger partial charge in [0.05, 0.1) is 12.6 Å². The number of ether oxygens (including phenoxy) is 1. The number of aromatic nitrogens is 1. The Kier molecular flexibility index (Phi) is 4.33. The number of para-hydroxylation sites is 2. The van der Waals surface area contributed by atoms with E-state index in [0.29, 0.717) is 22.3 Å². The highest BCUT2D eigenvalue weighted by Crippen LogP contribution is 2.24. The Morgan fingerprint density at radius 1 is 1.12 bits per heavy atom. The van der Waals surface area contributed by atoms with Gasteiger partial charge in [0.15, 0.2) is 5.43 Å². The fourth-order valence-corrected chi connectivity index (χ4v) is 2.76. The number of pyridine rings is 1. The number of carbonyl (C=O) groups is 1. The normalized spacial score (nSPS) is 10.6. The first kappa shape index (κ1) is 15.8. The Bertz CT molecular complexity index is 946. The zero-order valence-corrected chi connectivity index (χ0v) is 13.6. The van der Waals surface area contributed by atoms with Gasteiger partial charge in [-0.15, -0.1) is 0 Å². The van der Waals surface area contributed by atoms with Crippen molar-refractivity contribution in [2.75, 3.05) is 12.4 Å². The summed E-state index contributed by atoms with van der Waals surface area (Å²) >= 11 is 0. The standard InChI is InChI=1S/C19H18N2O3/c1-13-11-16(22)15-9-6-10-17(24-2)19(15)21(13)12-18(23)20-14-7-4-3-5-8-14/h3-11H,12H2,1-2H3,(H,20,23). The molecule has 0 spiro atoms. The van der Waals surface area contributed by atoms with Gasteiger partial charge in [-0.1, -0.05) is 24.3 Å². The van der Waals surface area contributed by atoms with E-state index < -0.39 is 0 Å². The number of benzene rings is 2. The second-order valence-corrected chi connectivity index (χ2v) is 5.51. The molecule has 3 aromatic rings. The van der Waals surface area contributed by atoms with Crippen molar-refractivity contribution in [1.82, 2.24) is 4.57 Å². The van der Waals surface area contributed by atoms with Gasteiger partial charge in [-0.05, 0) is 31.2 Å². The Labute approximate surface area is 139 Å². The molecule has 0 aliphatic heterocycles. The molecule has 0 fully saturated rings. The van der Waals surface area contributed by atoms with Gasteiger partial charge in [0, 0.05) is 22.8 Å². The fraction of sp³-hybridized carbons (Fsp3) is 0.158. The molecule has 1 heterocycles. The van der Waals surface area contributed by atoms with Crippen molar-refractivity contribution in [3.63, 3.8) is 0 Å². The second kappa shape index (κ2) is 6.58. The Balaban J connectivity index is 2.03. The van der Waals surface area contributed by atoms with Crippen LogP contribution in [0.5, 0.6) is 5.75 Å². The first-order valence-electron chi connectivity index (χ1n) is 7.62. The van der Waals surface area contributed by atoms with Gasteiger partial charge in [0.1, 0.15) is 12.3 Å². The topological polar surface area (TPSA) is 60.3 Å². The van der Waals surface area contributed by atoms with Crippen LogP contribution < -0.4 is 15.5 Å². The molecule has 3 rings (SSSR count). The third kappa shape index (κ3) is 3.01. The Morgan fingerprint density at radius 3 is 2.58 bits per heavy atom. The minimum absolute atomic E-state index is 0.0823. The molecule has 1 N–H and O–H groups in total. The molecule has 0 atom stereocenters. The fourth-order valence-electron chi connectivity index (χ4n) is 2.76. The summed E-state index contributed by atoms with van der Waals surface area (Å²) in [7, 11) is 1.55. The van der Waals surface area contributed by atoms with Crippen LogP contribution in [-0.2, 0) is 11.3 Å². The summed E-state index contributed by atoms with van der Waals surface area (Å²) in [6.45, 7) is 1.90. The number of amides is 1. The molecule has 0 bridgehead atoms. The Hall–Kier alpha value is -3.08. The van der Waals surface area contributed by atoms with Gasteiger partial charge in [-0.25, -0.2) is 0 Å². The first-order valence-corrected chi connectivity index (χ1v) is 7.62. The monoisotopic (exact) mass is 322 g/mol. The predicted octanol–water partition coefficient (Wildman–Crippen LogP) is 2.96. The number of carbonyl (C=O) groups excluding carboxylic acids is 1. The summed E-state index contributed by atoms with van der Waals surface area (Å²) in [6, 6.07) is 16.1. The largest absolute Gasteiger partial charge is 0.495 e. The molecule has 1 amide bonds. The summed E-state index contributed by atoms with van der Waals surface area (Å²) in [5.41, 5.74) is 1.99. The summed E-state index contributed by atoms with van der Waals surface area (Å²) in [6.07, 6.45) is 0. The lowest BCUT2D eigenvalue weighted by molar-refractivity contribution is -0.116. The summed E-state index contributed by atoms with van der Waals surface area (Å²) in [5.74, 6) is 0.404. The quantitative estimate of drug-likeness (QED) is 0.803. The number of hydrogen-bond donors (Lipinski definition) is 1. The number of rotatable bonds is 4. The first-order chi connectivity index (χ1) is 11.6. The highest BCUT2D eigenvalue weighted by atomic mass is 16.5. The molecule has 5 nitrogen and oxygen atoms in total. The van der Waals surface area contributed by atoms with Crippen LogP contribution in [0, 0.1) is 6.92 Å². The highest BCUT2D eigenvalue weighted by molar-refractivity contribution is 5.92. The van der Waals surface area contributed by atoms with Gasteiger partial charge in [-0.2, -0.15) is 0 Å². The minimum Gasteiger partial charge on any atom is -0.495 e. The molecular weight excluding hydrogens is 304 g/mol. The van der Waals surface area contributed by atoms with E-state index in [4.69, 9.17) is 4.74 Å². The molecule has 0 unspecified atom stereocenters. The molecular formula is C19H18N2O3. The van der Waals surface area contributed by atoms with Crippen molar-refractivity contribution >= 4 is 22.5 Å². The van der Waals surface area contributed by atoms with E-state index in [-0.39, 0.29) is 17.9 Å². The average molecular weight is 322 g/mol. The van der Waals surface area contributed by atoms with Crippen LogP contribution in [0.2, 0.25) is 0 Å². The van der Waals surface area contributed by atoms with Crippen LogP contribution in [0.25, 0.3) is 10.9 Å². The zero-order chi connectivity index (χ0) is 17.1. The van der Waals surface area contributed by atoms with E-state index >= 15 is 0 Å². The maximum atomic E-state index is 12.4. The van der Waals surface area contributed by atoms with E-state index in [1.807, 2.05) is 37.3 Å². The van der Waals surface area contributed by atoms with Crippen molar-refractivity contribution in [2.24, 2.45) is 0 Å². The molecule has 0 saturated carbocycles.